The summed E-state index contributed by atoms with van der Waals surface area (Å²) in [5, 5.41) is 2.08. The van der Waals surface area contributed by atoms with E-state index in [1.807, 2.05) is 49.9 Å². The first-order valence-corrected chi connectivity index (χ1v) is 13.6. The Bertz CT molecular complexity index is 1270. The molecule has 0 aliphatic carbocycles. The van der Waals surface area contributed by atoms with Gasteiger partial charge < -0.3 is 24.0 Å². The van der Waals surface area contributed by atoms with Crippen LogP contribution in [-0.2, 0) is 11.2 Å². The van der Waals surface area contributed by atoms with Crippen molar-refractivity contribution in [3.8, 4) is 17.2 Å². The van der Waals surface area contributed by atoms with Gasteiger partial charge in [0.25, 0.3) is 5.91 Å². The lowest BCUT2D eigenvalue weighted by atomic mass is 10.00. The molecule has 7 nitrogen and oxygen atoms in total. The molecule has 2 atom stereocenters. The van der Waals surface area contributed by atoms with E-state index in [1.54, 1.807) is 34.4 Å². The molecule has 3 heterocycles. The Morgan fingerprint density at radius 2 is 1.92 bits per heavy atom. The second-order valence-electron chi connectivity index (χ2n) is 9.53. The van der Waals surface area contributed by atoms with Crippen molar-refractivity contribution in [1.82, 2.24) is 9.80 Å². The quantitative estimate of drug-likeness (QED) is 0.407. The number of hydrogen-bond donors (Lipinski definition) is 0. The molecule has 1 aromatic heterocycles. The van der Waals surface area contributed by atoms with Crippen molar-refractivity contribution in [2.24, 2.45) is 0 Å². The van der Waals surface area contributed by atoms with Crippen LogP contribution in [0.1, 0.15) is 52.7 Å². The molecule has 0 bridgehead atoms. The summed E-state index contributed by atoms with van der Waals surface area (Å²) in [4.78, 5) is 32.2. The molecule has 0 saturated heterocycles. The van der Waals surface area contributed by atoms with Gasteiger partial charge in [0.1, 0.15) is 18.9 Å². The number of carbonyl (C=O) groups is 2. The third-order valence-electron chi connectivity index (χ3n) is 7.15. The number of thiophene rings is 1. The largest absolute Gasteiger partial charge is 0.491 e. The molecule has 0 unspecified atom stereocenters. The topological polar surface area (TPSA) is 68.3 Å². The molecule has 3 aromatic rings. The summed E-state index contributed by atoms with van der Waals surface area (Å²) >= 11 is 1.72. The highest BCUT2D eigenvalue weighted by atomic mass is 32.1. The van der Waals surface area contributed by atoms with Crippen molar-refractivity contribution in [3.63, 3.8) is 0 Å². The molecule has 0 saturated carbocycles. The highest BCUT2D eigenvalue weighted by molar-refractivity contribution is 7.10. The SMILES string of the molecule is CC[C@H](C)N(CC(=O)N1CCc2sccc2[C@H]1COc1ccc(C)cc1)C(=O)c1ccc2c(c1)OCO2. The fourth-order valence-corrected chi connectivity index (χ4v) is 5.69. The van der Waals surface area contributed by atoms with E-state index in [0.717, 1.165) is 24.2 Å². The van der Waals surface area contributed by atoms with Crippen LogP contribution in [0.3, 0.4) is 0 Å². The Labute approximate surface area is 221 Å². The Balaban J connectivity index is 1.35. The summed E-state index contributed by atoms with van der Waals surface area (Å²) in [6.07, 6.45) is 1.54. The molecule has 2 aliphatic heterocycles. The van der Waals surface area contributed by atoms with E-state index >= 15 is 0 Å². The van der Waals surface area contributed by atoms with Gasteiger partial charge >= 0.3 is 0 Å². The van der Waals surface area contributed by atoms with Gasteiger partial charge in [-0.1, -0.05) is 24.6 Å². The lowest BCUT2D eigenvalue weighted by Crippen LogP contribution is -2.49. The highest BCUT2D eigenvalue weighted by Gasteiger charge is 2.34. The Kier molecular flexibility index (Phi) is 7.37. The molecule has 2 aliphatic rings. The van der Waals surface area contributed by atoms with E-state index in [0.29, 0.717) is 30.2 Å². The van der Waals surface area contributed by atoms with Crippen molar-refractivity contribution >= 4 is 23.2 Å². The number of fused-ring (bicyclic) bond motifs is 2. The highest BCUT2D eigenvalue weighted by Crippen LogP contribution is 2.35. The summed E-state index contributed by atoms with van der Waals surface area (Å²) in [5.41, 5.74) is 2.78. The van der Waals surface area contributed by atoms with Gasteiger partial charge in [0.2, 0.25) is 12.7 Å². The summed E-state index contributed by atoms with van der Waals surface area (Å²) in [6, 6.07) is 14.9. The Hall–Kier alpha value is -3.52. The zero-order valence-electron chi connectivity index (χ0n) is 21.4. The van der Waals surface area contributed by atoms with E-state index < -0.39 is 0 Å². The lowest BCUT2D eigenvalue weighted by Gasteiger charge is -2.38. The maximum absolute atomic E-state index is 13.8. The van der Waals surface area contributed by atoms with E-state index in [9.17, 15) is 9.59 Å². The number of carbonyl (C=O) groups excluding carboxylic acids is 2. The van der Waals surface area contributed by atoms with Crippen LogP contribution in [-0.4, -0.2) is 54.1 Å². The van der Waals surface area contributed by atoms with Crippen molar-refractivity contribution < 1.29 is 23.8 Å². The van der Waals surface area contributed by atoms with E-state index in [-0.39, 0.29) is 37.2 Å². The maximum Gasteiger partial charge on any atom is 0.254 e. The molecular formula is C29H32N2O5S. The normalized spacial score (nSPS) is 16.7. The fraction of sp³-hybridized carbons (Fsp3) is 0.379. The summed E-state index contributed by atoms with van der Waals surface area (Å²) in [5.74, 6) is 1.68. The van der Waals surface area contributed by atoms with Crippen LogP contribution in [0, 0.1) is 6.92 Å². The molecule has 0 spiro atoms. The maximum atomic E-state index is 13.8. The first-order chi connectivity index (χ1) is 17.9. The van der Waals surface area contributed by atoms with Gasteiger partial charge in [-0.3, -0.25) is 9.59 Å². The Morgan fingerprint density at radius 3 is 2.70 bits per heavy atom. The molecule has 5 rings (SSSR count). The van der Waals surface area contributed by atoms with Crippen LogP contribution in [0.2, 0.25) is 0 Å². The number of rotatable bonds is 8. The standard InChI is InChI=1S/C29H32N2O5S/c1-4-20(3)31(29(33)21-7-10-25-26(15-21)36-18-35-25)16-28(32)30-13-11-27-23(12-14-37-27)24(30)17-34-22-8-5-19(2)6-9-22/h5-10,12,14-15,20,24H,4,11,13,16-18H2,1-3H3/t20-,24+/m0/s1. The van der Waals surface area contributed by atoms with Crippen LogP contribution >= 0.6 is 11.3 Å². The summed E-state index contributed by atoms with van der Waals surface area (Å²) in [7, 11) is 0. The number of ether oxygens (including phenoxy) is 3. The smallest absolute Gasteiger partial charge is 0.254 e. The zero-order chi connectivity index (χ0) is 25.9. The van der Waals surface area contributed by atoms with Crippen molar-refractivity contribution in [2.45, 2.75) is 45.7 Å². The summed E-state index contributed by atoms with van der Waals surface area (Å²) < 4.78 is 17.0. The predicted molar refractivity (Wildman–Crippen MR) is 143 cm³/mol. The molecule has 37 heavy (non-hydrogen) atoms. The number of benzene rings is 2. The van der Waals surface area contributed by atoms with Gasteiger partial charge in [0.05, 0.1) is 6.04 Å². The lowest BCUT2D eigenvalue weighted by molar-refractivity contribution is -0.136. The Morgan fingerprint density at radius 1 is 1.14 bits per heavy atom. The van der Waals surface area contributed by atoms with Gasteiger partial charge in [0, 0.05) is 23.0 Å². The third-order valence-corrected chi connectivity index (χ3v) is 8.15. The van der Waals surface area contributed by atoms with Crippen LogP contribution < -0.4 is 14.2 Å². The van der Waals surface area contributed by atoms with Gasteiger partial charge in [-0.05, 0) is 74.0 Å². The van der Waals surface area contributed by atoms with Gasteiger partial charge in [-0.25, -0.2) is 0 Å². The number of nitrogens with zero attached hydrogens (tertiary/aromatic N) is 2. The minimum absolute atomic E-state index is 0.00276. The fourth-order valence-electron chi connectivity index (χ4n) is 4.76. The summed E-state index contributed by atoms with van der Waals surface area (Å²) in [6.45, 7) is 7.14. The second kappa shape index (κ2) is 10.8. The van der Waals surface area contributed by atoms with Crippen LogP contribution in [0.25, 0.3) is 0 Å². The van der Waals surface area contributed by atoms with Gasteiger partial charge in [-0.2, -0.15) is 0 Å². The minimum Gasteiger partial charge on any atom is -0.491 e. The monoisotopic (exact) mass is 520 g/mol. The van der Waals surface area contributed by atoms with Crippen molar-refractivity contribution in [3.05, 3.63) is 75.5 Å². The molecule has 0 N–H and O–H groups in total. The van der Waals surface area contributed by atoms with Gasteiger partial charge in [-0.15, -0.1) is 11.3 Å². The zero-order valence-corrected chi connectivity index (χ0v) is 22.3. The number of aryl methyl sites for hydroxylation is 1. The number of amides is 2. The molecule has 0 radical (unpaired) electrons. The molecular weight excluding hydrogens is 488 g/mol. The third kappa shape index (κ3) is 5.30. The van der Waals surface area contributed by atoms with Crippen molar-refractivity contribution in [1.29, 1.82) is 0 Å². The second-order valence-corrected chi connectivity index (χ2v) is 10.5. The van der Waals surface area contributed by atoms with Crippen LogP contribution in [0.5, 0.6) is 17.2 Å². The van der Waals surface area contributed by atoms with E-state index in [1.165, 1.54) is 10.4 Å². The molecule has 8 heteroatoms. The molecule has 2 amide bonds. The average molecular weight is 521 g/mol. The average Bonchev–Trinajstić information content (AvgIpc) is 3.59. The minimum atomic E-state index is -0.205. The van der Waals surface area contributed by atoms with Crippen LogP contribution in [0.4, 0.5) is 0 Å². The van der Waals surface area contributed by atoms with E-state index in [4.69, 9.17) is 14.2 Å². The molecule has 0 fully saturated rings. The van der Waals surface area contributed by atoms with E-state index in [2.05, 4.69) is 11.4 Å². The molecule has 2 aromatic carbocycles. The van der Waals surface area contributed by atoms with Gasteiger partial charge in [0.15, 0.2) is 11.5 Å². The first-order valence-electron chi connectivity index (χ1n) is 12.7. The van der Waals surface area contributed by atoms with Crippen LogP contribution in [0.15, 0.2) is 53.9 Å². The number of hydrogen-bond acceptors (Lipinski definition) is 6. The predicted octanol–water partition coefficient (Wildman–Crippen LogP) is 5.23. The van der Waals surface area contributed by atoms with Crippen molar-refractivity contribution in [2.75, 3.05) is 26.5 Å². The molecule has 194 valence electrons. The first kappa shape index (κ1) is 25.1.